The maximum atomic E-state index is 12.7. The number of amides is 1. The van der Waals surface area contributed by atoms with Gasteiger partial charge in [-0.25, -0.2) is 0 Å². The van der Waals surface area contributed by atoms with E-state index in [0.717, 1.165) is 21.8 Å². The summed E-state index contributed by atoms with van der Waals surface area (Å²) in [4.78, 5) is 25.5. The van der Waals surface area contributed by atoms with Crippen LogP contribution < -0.4 is 10.1 Å². The van der Waals surface area contributed by atoms with Crippen molar-refractivity contribution in [1.82, 2.24) is 5.32 Å². The fourth-order valence-corrected chi connectivity index (χ4v) is 4.39. The highest BCUT2D eigenvalue weighted by Crippen LogP contribution is 2.42. The molecule has 2 aromatic rings. The van der Waals surface area contributed by atoms with Crippen LogP contribution in [-0.4, -0.2) is 35.7 Å². The molecule has 25 heavy (non-hydrogen) atoms. The molecular weight excluding hydrogens is 342 g/mol. The fraction of sp³-hybridized carbons (Fsp3) is 0.333. The number of carbonyl (C=O) groups excluding carboxylic acids is 1. The Bertz CT molecular complexity index is 838. The second-order valence-corrected chi connectivity index (χ2v) is 7.41. The van der Waals surface area contributed by atoms with Crippen molar-refractivity contribution in [3.05, 3.63) is 40.8 Å². The van der Waals surface area contributed by atoms with E-state index in [1.807, 2.05) is 30.3 Å². The summed E-state index contributed by atoms with van der Waals surface area (Å²) >= 11 is 1.41. The third kappa shape index (κ3) is 3.01. The standard InChI is InChI=1S/C18H17NO5S/c20-15(21)8-18(5-6-23-10-18)19-17(22)14-7-11-9-24-13-4-2-1-3-12(13)16(11)25-14/h1-4,7H,5-6,8-10H2,(H,19,22)(H,20,21). The van der Waals surface area contributed by atoms with E-state index in [4.69, 9.17) is 14.6 Å². The normalized spacial score (nSPS) is 21.1. The highest BCUT2D eigenvalue weighted by molar-refractivity contribution is 7.17. The van der Waals surface area contributed by atoms with Crippen LogP contribution in [0.15, 0.2) is 30.3 Å². The second kappa shape index (κ2) is 6.16. The maximum absolute atomic E-state index is 12.7. The maximum Gasteiger partial charge on any atom is 0.305 e. The molecular formula is C18H17NO5S. The minimum atomic E-state index is -0.946. The Morgan fingerprint density at radius 2 is 2.16 bits per heavy atom. The molecule has 0 aliphatic carbocycles. The van der Waals surface area contributed by atoms with Gasteiger partial charge >= 0.3 is 5.97 Å². The summed E-state index contributed by atoms with van der Waals surface area (Å²) in [6, 6.07) is 9.57. The number of carbonyl (C=O) groups is 2. The van der Waals surface area contributed by atoms with Crippen molar-refractivity contribution in [2.45, 2.75) is 25.0 Å². The number of nitrogens with one attached hydrogen (secondary N) is 1. The van der Waals surface area contributed by atoms with E-state index in [1.165, 1.54) is 11.3 Å². The van der Waals surface area contributed by atoms with Crippen LogP contribution in [0.5, 0.6) is 5.75 Å². The van der Waals surface area contributed by atoms with Crippen LogP contribution in [0.2, 0.25) is 0 Å². The van der Waals surface area contributed by atoms with Gasteiger partial charge in [0.05, 0.1) is 23.4 Å². The number of hydrogen-bond acceptors (Lipinski definition) is 5. The van der Waals surface area contributed by atoms with E-state index in [2.05, 4.69) is 5.32 Å². The Hall–Kier alpha value is -2.38. The SMILES string of the molecule is O=C(O)CC1(NC(=O)c2cc3c(s2)-c2ccccc2OC3)CCOC1. The first-order valence-corrected chi connectivity index (χ1v) is 8.85. The van der Waals surface area contributed by atoms with Gasteiger partial charge in [0, 0.05) is 22.6 Å². The summed E-state index contributed by atoms with van der Waals surface area (Å²) in [6.07, 6.45) is 0.359. The van der Waals surface area contributed by atoms with Crippen molar-refractivity contribution < 1.29 is 24.2 Å². The number of hydrogen-bond donors (Lipinski definition) is 2. The number of rotatable bonds is 4. The van der Waals surface area contributed by atoms with E-state index in [9.17, 15) is 9.59 Å². The molecule has 7 heteroatoms. The number of benzene rings is 1. The zero-order chi connectivity index (χ0) is 17.4. The molecule has 1 atom stereocenters. The molecule has 2 N–H and O–H groups in total. The molecule has 0 spiro atoms. The molecule has 1 fully saturated rings. The van der Waals surface area contributed by atoms with Gasteiger partial charge in [-0.05, 0) is 24.6 Å². The van der Waals surface area contributed by atoms with E-state index in [0.29, 0.717) is 24.5 Å². The van der Waals surface area contributed by atoms with Crippen molar-refractivity contribution in [1.29, 1.82) is 0 Å². The molecule has 6 nitrogen and oxygen atoms in total. The van der Waals surface area contributed by atoms with Gasteiger partial charge in [-0.15, -0.1) is 11.3 Å². The first-order chi connectivity index (χ1) is 12.1. The third-order valence-electron chi connectivity index (χ3n) is 4.52. The molecule has 1 aromatic heterocycles. The lowest BCUT2D eigenvalue weighted by molar-refractivity contribution is -0.138. The molecule has 0 radical (unpaired) electrons. The fourth-order valence-electron chi connectivity index (χ4n) is 3.29. The van der Waals surface area contributed by atoms with Crippen molar-refractivity contribution >= 4 is 23.2 Å². The Kier molecular flexibility index (Phi) is 3.97. The number of thiophene rings is 1. The number of fused-ring (bicyclic) bond motifs is 3. The number of para-hydroxylation sites is 1. The lowest BCUT2D eigenvalue weighted by Gasteiger charge is -2.26. The van der Waals surface area contributed by atoms with Crippen molar-refractivity contribution in [3.8, 4) is 16.2 Å². The van der Waals surface area contributed by atoms with Crippen LogP contribution in [0.4, 0.5) is 0 Å². The predicted molar refractivity (Wildman–Crippen MR) is 92.0 cm³/mol. The minimum absolute atomic E-state index is 0.143. The topological polar surface area (TPSA) is 84.9 Å². The zero-order valence-electron chi connectivity index (χ0n) is 13.4. The lowest BCUT2D eigenvalue weighted by Crippen LogP contribution is -2.50. The molecule has 2 aliphatic heterocycles. The number of carboxylic acids is 1. The van der Waals surface area contributed by atoms with Gasteiger partial charge in [0.15, 0.2) is 0 Å². The molecule has 3 heterocycles. The van der Waals surface area contributed by atoms with E-state index < -0.39 is 11.5 Å². The minimum Gasteiger partial charge on any atom is -0.488 e. The zero-order valence-corrected chi connectivity index (χ0v) is 14.2. The van der Waals surface area contributed by atoms with Crippen molar-refractivity contribution in [3.63, 3.8) is 0 Å². The number of ether oxygens (including phenoxy) is 2. The van der Waals surface area contributed by atoms with E-state index in [-0.39, 0.29) is 18.9 Å². The average Bonchev–Trinajstić information content (AvgIpc) is 3.21. The van der Waals surface area contributed by atoms with Crippen LogP contribution in [0.1, 0.15) is 28.1 Å². The largest absolute Gasteiger partial charge is 0.488 e. The van der Waals surface area contributed by atoms with Gasteiger partial charge in [0.1, 0.15) is 12.4 Å². The van der Waals surface area contributed by atoms with Crippen molar-refractivity contribution in [2.24, 2.45) is 0 Å². The monoisotopic (exact) mass is 359 g/mol. The van der Waals surface area contributed by atoms with Crippen LogP contribution in [-0.2, 0) is 16.1 Å². The second-order valence-electron chi connectivity index (χ2n) is 6.36. The van der Waals surface area contributed by atoms with Gasteiger partial charge in [-0.3, -0.25) is 9.59 Å². The van der Waals surface area contributed by atoms with E-state index >= 15 is 0 Å². The Labute approximate surface area is 148 Å². The third-order valence-corrected chi connectivity index (χ3v) is 5.73. The summed E-state index contributed by atoms with van der Waals surface area (Å²) in [5.41, 5.74) is 1.13. The summed E-state index contributed by atoms with van der Waals surface area (Å²) in [5, 5.41) is 12.0. The molecule has 1 aromatic carbocycles. The van der Waals surface area contributed by atoms with Gasteiger partial charge in [-0.1, -0.05) is 12.1 Å². The Morgan fingerprint density at radius 1 is 1.32 bits per heavy atom. The average molecular weight is 359 g/mol. The molecule has 130 valence electrons. The highest BCUT2D eigenvalue weighted by Gasteiger charge is 2.39. The van der Waals surface area contributed by atoms with Crippen LogP contribution in [0.3, 0.4) is 0 Å². The van der Waals surface area contributed by atoms with Gasteiger partial charge in [0.2, 0.25) is 0 Å². The molecule has 0 saturated carbocycles. The number of carboxylic acid groups (broad SMARTS) is 1. The molecule has 2 aliphatic rings. The predicted octanol–water partition coefficient (Wildman–Crippen LogP) is 2.67. The Morgan fingerprint density at radius 3 is 2.92 bits per heavy atom. The number of aliphatic carboxylic acids is 1. The summed E-state index contributed by atoms with van der Waals surface area (Å²) < 4.78 is 11.1. The Balaban J connectivity index is 1.60. The first kappa shape index (κ1) is 16.1. The van der Waals surface area contributed by atoms with Gasteiger partial charge in [0.25, 0.3) is 5.91 Å². The molecule has 0 bridgehead atoms. The van der Waals surface area contributed by atoms with Crippen LogP contribution in [0.25, 0.3) is 10.4 Å². The smallest absolute Gasteiger partial charge is 0.305 e. The lowest BCUT2D eigenvalue weighted by atomic mass is 9.94. The van der Waals surface area contributed by atoms with E-state index in [1.54, 1.807) is 0 Å². The van der Waals surface area contributed by atoms with Crippen LogP contribution in [0, 0.1) is 0 Å². The molecule has 1 amide bonds. The molecule has 4 rings (SSSR count). The van der Waals surface area contributed by atoms with Gasteiger partial charge < -0.3 is 19.9 Å². The van der Waals surface area contributed by atoms with Crippen molar-refractivity contribution in [2.75, 3.05) is 13.2 Å². The quantitative estimate of drug-likeness (QED) is 0.877. The highest BCUT2D eigenvalue weighted by atomic mass is 32.1. The molecule has 1 unspecified atom stereocenters. The summed E-state index contributed by atoms with van der Waals surface area (Å²) in [5.74, 6) is -0.391. The van der Waals surface area contributed by atoms with Gasteiger partial charge in [-0.2, -0.15) is 0 Å². The summed E-state index contributed by atoms with van der Waals surface area (Å²) in [7, 11) is 0. The molecule has 1 saturated heterocycles. The first-order valence-electron chi connectivity index (χ1n) is 8.03. The van der Waals surface area contributed by atoms with Crippen LogP contribution >= 0.6 is 11.3 Å². The summed E-state index contributed by atoms with van der Waals surface area (Å²) in [6.45, 7) is 1.11.